The summed E-state index contributed by atoms with van der Waals surface area (Å²) in [5.74, 6) is -1.61. The first-order valence-electron chi connectivity index (χ1n) is 12.4. The third kappa shape index (κ3) is 4.53. The molecule has 0 aliphatic carbocycles. The fraction of sp³-hybridized carbons (Fsp3) is 0.400. The first-order valence-corrected chi connectivity index (χ1v) is 11.4. The number of fused-ring (bicyclic) bond motifs is 1. The van der Waals surface area contributed by atoms with Crippen LogP contribution in [0, 0.1) is 5.82 Å². The van der Waals surface area contributed by atoms with Gasteiger partial charge in [-0.05, 0) is 30.2 Å². The Labute approximate surface area is 199 Å². The summed E-state index contributed by atoms with van der Waals surface area (Å²) in [6.07, 6.45) is 0.461. The van der Waals surface area contributed by atoms with E-state index in [4.69, 9.17) is 7.48 Å². The molecular weight excluding hydrogens is 439 g/mol. The minimum Gasteiger partial charge on any atom is -0.381 e. The van der Waals surface area contributed by atoms with Gasteiger partial charge in [0.05, 0.1) is 13.2 Å². The van der Waals surface area contributed by atoms with Crippen LogP contribution in [0.5, 0.6) is 0 Å². The van der Waals surface area contributed by atoms with Crippen molar-refractivity contribution in [3.8, 4) is 0 Å². The number of carbonyl (C=O) groups excluding carboxylic acids is 3. The molecular formula is C25H27FN4O4. The first-order chi connectivity index (χ1) is 17.3. The zero-order valence-electron chi connectivity index (χ0n) is 20.6. The standard InChI is InChI=1S/C25H27FN4O4/c26-20-12-16(14-29-8-10-34-11-9-29)4-5-17(20)13-27-21-3-1-2-18-19(21)15-30(25(18)33)22-6-7-23(31)28-24(22)32/h1-5,12,22,27H,6-11,13-15H2,(H,28,31,32)/t22-/m1/s1/i14D2. The lowest BCUT2D eigenvalue weighted by Crippen LogP contribution is -2.52. The molecule has 3 heterocycles. The molecule has 0 radical (unpaired) electrons. The Morgan fingerprint density at radius 3 is 2.76 bits per heavy atom. The van der Waals surface area contributed by atoms with Gasteiger partial charge in [-0.25, -0.2) is 4.39 Å². The molecule has 0 aromatic heterocycles. The Hall–Kier alpha value is -3.30. The van der Waals surface area contributed by atoms with Crippen molar-refractivity contribution in [3.05, 3.63) is 64.5 Å². The van der Waals surface area contributed by atoms with Crippen molar-refractivity contribution in [3.63, 3.8) is 0 Å². The monoisotopic (exact) mass is 468 g/mol. The lowest BCUT2D eigenvalue weighted by atomic mass is 10.0. The Balaban J connectivity index is 1.30. The second kappa shape index (κ2) is 9.52. The van der Waals surface area contributed by atoms with Gasteiger partial charge in [0.2, 0.25) is 11.8 Å². The molecule has 2 aromatic rings. The molecule has 9 heteroatoms. The van der Waals surface area contributed by atoms with Gasteiger partial charge in [0, 0.05) is 64.2 Å². The van der Waals surface area contributed by atoms with Gasteiger partial charge in [0.15, 0.2) is 0 Å². The molecule has 3 amide bonds. The zero-order chi connectivity index (χ0) is 25.4. The number of carbonyl (C=O) groups is 3. The molecule has 8 nitrogen and oxygen atoms in total. The quantitative estimate of drug-likeness (QED) is 0.631. The molecule has 2 fully saturated rings. The highest BCUT2D eigenvalue weighted by Gasteiger charge is 2.39. The Morgan fingerprint density at radius 1 is 1.18 bits per heavy atom. The third-order valence-corrected chi connectivity index (χ3v) is 6.40. The maximum absolute atomic E-state index is 15.0. The number of anilines is 1. The zero-order valence-corrected chi connectivity index (χ0v) is 18.6. The summed E-state index contributed by atoms with van der Waals surface area (Å²) in [5, 5.41) is 5.48. The first kappa shape index (κ1) is 20.1. The molecule has 0 spiro atoms. The Kier molecular flexibility index (Phi) is 5.63. The lowest BCUT2D eigenvalue weighted by molar-refractivity contribution is -0.136. The number of nitrogens with zero attached hydrogens (tertiary/aromatic N) is 2. The van der Waals surface area contributed by atoms with Crippen LogP contribution in [-0.4, -0.2) is 59.9 Å². The number of ether oxygens (including phenoxy) is 1. The molecule has 0 bridgehead atoms. The molecule has 178 valence electrons. The van der Waals surface area contributed by atoms with Gasteiger partial charge < -0.3 is 15.0 Å². The van der Waals surface area contributed by atoms with Crippen LogP contribution in [-0.2, 0) is 33.9 Å². The maximum Gasteiger partial charge on any atom is 0.255 e. The summed E-state index contributed by atoms with van der Waals surface area (Å²) in [6, 6.07) is 8.90. The van der Waals surface area contributed by atoms with Crippen molar-refractivity contribution in [2.45, 2.75) is 38.5 Å². The van der Waals surface area contributed by atoms with Gasteiger partial charge in [0.25, 0.3) is 5.91 Å². The molecule has 3 aliphatic heterocycles. The van der Waals surface area contributed by atoms with E-state index in [1.54, 1.807) is 35.2 Å². The van der Waals surface area contributed by atoms with E-state index in [9.17, 15) is 18.8 Å². The average molecular weight is 469 g/mol. The van der Waals surface area contributed by atoms with Gasteiger partial charge >= 0.3 is 0 Å². The summed E-state index contributed by atoms with van der Waals surface area (Å²) in [4.78, 5) is 39.9. The molecule has 5 rings (SSSR count). The molecule has 2 saturated heterocycles. The summed E-state index contributed by atoms with van der Waals surface area (Å²) in [5.41, 5.74) is 2.45. The molecule has 2 N–H and O–H groups in total. The highest BCUT2D eigenvalue weighted by molar-refractivity contribution is 6.06. The molecule has 1 atom stereocenters. The number of benzene rings is 2. The smallest absolute Gasteiger partial charge is 0.255 e. The number of hydrogen-bond donors (Lipinski definition) is 2. The van der Waals surface area contributed by atoms with Crippen molar-refractivity contribution < 1.29 is 26.3 Å². The summed E-state index contributed by atoms with van der Waals surface area (Å²) in [6.45, 7) is 0.290. The molecule has 3 aliphatic rings. The largest absolute Gasteiger partial charge is 0.381 e. The molecule has 0 saturated carbocycles. The number of rotatable bonds is 6. The van der Waals surface area contributed by atoms with Crippen LogP contribution in [0.1, 0.15) is 42.6 Å². The predicted octanol–water partition coefficient (Wildman–Crippen LogP) is 2.03. The average Bonchev–Trinajstić information content (AvgIpc) is 3.20. The third-order valence-electron chi connectivity index (χ3n) is 6.40. The van der Waals surface area contributed by atoms with Gasteiger partial charge in [0.1, 0.15) is 11.9 Å². The number of halogens is 1. The fourth-order valence-corrected chi connectivity index (χ4v) is 4.56. The molecule has 0 unspecified atom stereocenters. The number of amides is 3. The van der Waals surface area contributed by atoms with E-state index in [-0.39, 0.29) is 43.3 Å². The van der Waals surface area contributed by atoms with Crippen molar-refractivity contribution in [2.24, 2.45) is 0 Å². The van der Waals surface area contributed by atoms with E-state index >= 15 is 0 Å². The van der Waals surface area contributed by atoms with E-state index in [2.05, 4.69) is 10.6 Å². The summed E-state index contributed by atoms with van der Waals surface area (Å²) in [7, 11) is 0. The predicted molar refractivity (Wildman–Crippen MR) is 122 cm³/mol. The van der Waals surface area contributed by atoms with E-state index in [0.717, 1.165) is 0 Å². The summed E-state index contributed by atoms with van der Waals surface area (Å²) >= 11 is 0. The van der Waals surface area contributed by atoms with Crippen molar-refractivity contribution in [2.75, 3.05) is 31.6 Å². The van der Waals surface area contributed by atoms with Crippen molar-refractivity contribution in [1.82, 2.24) is 15.1 Å². The van der Waals surface area contributed by atoms with E-state index in [1.165, 1.54) is 11.0 Å². The highest BCUT2D eigenvalue weighted by atomic mass is 19.1. The minimum atomic E-state index is -1.81. The Bertz CT molecular complexity index is 1220. The molecule has 34 heavy (non-hydrogen) atoms. The number of imide groups is 1. The van der Waals surface area contributed by atoms with Crippen LogP contribution in [0.4, 0.5) is 10.1 Å². The maximum atomic E-state index is 15.0. The Morgan fingerprint density at radius 2 is 2.00 bits per heavy atom. The fourth-order valence-electron chi connectivity index (χ4n) is 4.56. The number of morpholine rings is 1. The van der Waals surface area contributed by atoms with Crippen LogP contribution < -0.4 is 10.6 Å². The number of piperidine rings is 1. The second-order valence-electron chi connectivity index (χ2n) is 8.60. The second-order valence-corrected chi connectivity index (χ2v) is 8.60. The van der Waals surface area contributed by atoms with E-state index in [1.807, 2.05) is 0 Å². The number of nitrogens with one attached hydrogen (secondary N) is 2. The molecule has 2 aromatic carbocycles. The van der Waals surface area contributed by atoms with Crippen molar-refractivity contribution in [1.29, 1.82) is 0 Å². The van der Waals surface area contributed by atoms with Crippen LogP contribution in [0.3, 0.4) is 0 Å². The normalized spacial score (nSPS) is 22.2. The SMILES string of the molecule is [2H]C([2H])(c1ccc(CNc2cccc3c2CN([C@@H]2CCC(=O)NC2=O)C3=O)c(F)c1)N1CCOCC1. The highest BCUT2D eigenvalue weighted by Crippen LogP contribution is 2.32. The van der Waals surface area contributed by atoms with E-state index < -0.39 is 24.3 Å². The van der Waals surface area contributed by atoms with Crippen molar-refractivity contribution >= 4 is 23.4 Å². The van der Waals surface area contributed by atoms with Gasteiger partial charge in [-0.3, -0.25) is 24.6 Å². The topological polar surface area (TPSA) is 91.0 Å². The lowest BCUT2D eigenvalue weighted by Gasteiger charge is -2.29. The van der Waals surface area contributed by atoms with Crippen LogP contribution >= 0.6 is 0 Å². The van der Waals surface area contributed by atoms with Gasteiger partial charge in [-0.1, -0.05) is 18.2 Å². The van der Waals surface area contributed by atoms with Gasteiger partial charge in [-0.2, -0.15) is 0 Å². The van der Waals surface area contributed by atoms with Crippen LogP contribution in [0.25, 0.3) is 0 Å². The van der Waals surface area contributed by atoms with E-state index in [0.29, 0.717) is 48.7 Å². The van der Waals surface area contributed by atoms with Gasteiger partial charge in [-0.15, -0.1) is 0 Å². The summed E-state index contributed by atoms with van der Waals surface area (Å²) < 4.78 is 37.2. The number of hydrogen-bond acceptors (Lipinski definition) is 6. The minimum absolute atomic E-state index is 0.135. The van der Waals surface area contributed by atoms with Crippen LogP contribution in [0.15, 0.2) is 36.4 Å². The van der Waals surface area contributed by atoms with Crippen LogP contribution in [0.2, 0.25) is 0 Å².